The lowest BCUT2D eigenvalue weighted by Gasteiger charge is -2.39. The molecule has 0 bridgehead atoms. The highest BCUT2D eigenvalue weighted by molar-refractivity contribution is 4.89. The first-order valence-electron chi connectivity index (χ1n) is 11.9. The molecule has 5 unspecified atom stereocenters. The minimum absolute atomic E-state index is 0.516. The molecular weight excluding hydrogens is 320 g/mol. The quantitative estimate of drug-likeness (QED) is 0.731. The summed E-state index contributed by atoms with van der Waals surface area (Å²) in [5.74, 6) is 3.89. The minimum Gasteiger partial charge on any atom is -0.381 e. The van der Waals surface area contributed by atoms with Crippen molar-refractivity contribution in [3.05, 3.63) is 0 Å². The molecule has 1 N–H and O–H groups in total. The predicted octanol–water partition coefficient (Wildman–Crippen LogP) is 5.16. The van der Waals surface area contributed by atoms with E-state index in [4.69, 9.17) is 4.74 Å². The van der Waals surface area contributed by atoms with Crippen molar-refractivity contribution in [3.63, 3.8) is 0 Å². The first-order chi connectivity index (χ1) is 12.8. The fourth-order valence-electron chi connectivity index (χ4n) is 6.74. The van der Waals surface area contributed by atoms with Crippen LogP contribution in [0.15, 0.2) is 0 Å². The number of hydrazine groups is 1. The molecule has 5 atom stereocenters. The van der Waals surface area contributed by atoms with Crippen LogP contribution in [0.2, 0.25) is 0 Å². The Hall–Kier alpha value is -0.120. The average molecular weight is 363 g/mol. The Morgan fingerprint density at radius 1 is 0.769 bits per heavy atom. The van der Waals surface area contributed by atoms with E-state index in [-0.39, 0.29) is 0 Å². The van der Waals surface area contributed by atoms with Crippen molar-refractivity contribution < 1.29 is 4.74 Å². The summed E-state index contributed by atoms with van der Waals surface area (Å²) in [4.78, 5) is 0. The van der Waals surface area contributed by atoms with E-state index in [2.05, 4.69) is 10.4 Å². The number of nitrogens with zero attached hydrogens (tertiary/aromatic N) is 1. The molecule has 3 saturated carbocycles. The maximum Gasteiger partial charge on any atom is 0.0574 e. The third-order valence-electron chi connectivity index (χ3n) is 8.25. The SMILES string of the molecule is COC1CCCC(CN2CCC(C3CCCC(C4CCCCC4)C3)N2)C1. The summed E-state index contributed by atoms with van der Waals surface area (Å²) in [6.07, 6.45) is 20.8. The molecule has 4 aliphatic rings. The zero-order valence-corrected chi connectivity index (χ0v) is 17.1. The van der Waals surface area contributed by atoms with Crippen LogP contribution in [0.3, 0.4) is 0 Å². The molecular formula is C23H42N2O. The Labute approximate surface area is 161 Å². The first-order valence-corrected chi connectivity index (χ1v) is 11.9. The monoisotopic (exact) mass is 362 g/mol. The van der Waals surface area contributed by atoms with Crippen molar-refractivity contribution >= 4 is 0 Å². The third-order valence-corrected chi connectivity index (χ3v) is 8.25. The van der Waals surface area contributed by atoms with Crippen LogP contribution in [0.4, 0.5) is 0 Å². The highest BCUT2D eigenvalue weighted by atomic mass is 16.5. The van der Waals surface area contributed by atoms with Crippen molar-refractivity contribution in [2.24, 2.45) is 23.7 Å². The summed E-state index contributed by atoms with van der Waals surface area (Å²) in [6, 6.07) is 0.767. The van der Waals surface area contributed by atoms with Gasteiger partial charge in [0.1, 0.15) is 0 Å². The average Bonchev–Trinajstić information content (AvgIpc) is 3.17. The van der Waals surface area contributed by atoms with Gasteiger partial charge in [0.25, 0.3) is 0 Å². The molecule has 0 spiro atoms. The lowest BCUT2D eigenvalue weighted by molar-refractivity contribution is 0.0374. The summed E-state index contributed by atoms with van der Waals surface area (Å²) in [5, 5.41) is 2.58. The van der Waals surface area contributed by atoms with E-state index in [1.807, 2.05) is 7.11 Å². The molecule has 0 aromatic rings. The van der Waals surface area contributed by atoms with Crippen LogP contribution in [0, 0.1) is 23.7 Å². The second-order valence-corrected chi connectivity index (χ2v) is 9.95. The third kappa shape index (κ3) is 4.83. The molecule has 150 valence electrons. The molecule has 0 amide bonds. The standard InChI is InChI=1S/C23H42N2O/c1-26-22-12-5-7-18(15-22)17-25-14-13-23(24-25)21-11-6-10-20(16-21)19-8-3-2-4-9-19/h18-24H,2-17H2,1H3. The minimum atomic E-state index is 0.516. The number of nitrogens with one attached hydrogen (secondary N) is 1. The fraction of sp³-hybridized carbons (Fsp3) is 1.00. The van der Waals surface area contributed by atoms with Crippen LogP contribution in [-0.4, -0.2) is 37.4 Å². The van der Waals surface area contributed by atoms with Crippen LogP contribution in [0.5, 0.6) is 0 Å². The first kappa shape index (κ1) is 19.2. The number of methoxy groups -OCH3 is 1. The highest BCUT2D eigenvalue weighted by Crippen LogP contribution is 2.42. The summed E-state index contributed by atoms with van der Waals surface area (Å²) in [6.45, 7) is 2.51. The van der Waals surface area contributed by atoms with Gasteiger partial charge in [-0.3, -0.25) is 5.43 Å². The molecule has 3 heteroatoms. The smallest absolute Gasteiger partial charge is 0.0574 e. The molecule has 3 aliphatic carbocycles. The Morgan fingerprint density at radius 3 is 2.38 bits per heavy atom. The molecule has 0 radical (unpaired) electrons. The second kappa shape index (κ2) is 9.39. The van der Waals surface area contributed by atoms with Crippen molar-refractivity contribution in [1.29, 1.82) is 0 Å². The van der Waals surface area contributed by atoms with Gasteiger partial charge in [-0.2, -0.15) is 0 Å². The molecule has 1 saturated heterocycles. The van der Waals surface area contributed by atoms with Gasteiger partial charge in [0.2, 0.25) is 0 Å². The molecule has 4 rings (SSSR count). The molecule has 26 heavy (non-hydrogen) atoms. The largest absolute Gasteiger partial charge is 0.381 e. The van der Waals surface area contributed by atoms with Gasteiger partial charge < -0.3 is 4.74 Å². The van der Waals surface area contributed by atoms with Gasteiger partial charge in [0.05, 0.1) is 6.10 Å². The summed E-state index contributed by atoms with van der Waals surface area (Å²) in [7, 11) is 1.89. The zero-order chi connectivity index (χ0) is 17.8. The van der Waals surface area contributed by atoms with Gasteiger partial charge in [-0.25, -0.2) is 5.01 Å². The van der Waals surface area contributed by atoms with E-state index >= 15 is 0 Å². The summed E-state index contributed by atoms with van der Waals surface area (Å²) in [5.41, 5.74) is 3.96. The van der Waals surface area contributed by atoms with Gasteiger partial charge in [0.15, 0.2) is 0 Å². The number of ether oxygens (including phenoxy) is 1. The Bertz CT molecular complexity index is 422. The van der Waals surface area contributed by atoms with Crippen molar-refractivity contribution in [3.8, 4) is 0 Å². The van der Waals surface area contributed by atoms with Crippen molar-refractivity contribution in [2.75, 3.05) is 20.2 Å². The lowest BCUT2D eigenvalue weighted by atomic mass is 9.69. The maximum atomic E-state index is 5.63. The lowest BCUT2D eigenvalue weighted by Crippen LogP contribution is -2.43. The van der Waals surface area contributed by atoms with Gasteiger partial charge in [0, 0.05) is 26.2 Å². The van der Waals surface area contributed by atoms with E-state index in [0.29, 0.717) is 6.10 Å². The van der Waals surface area contributed by atoms with Crippen LogP contribution < -0.4 is 5.43 Å². The molecule has 4 fully saturated rings. The van der Waals surface area contributed by atoms with E-state index in [9.17, 15) is 0 Å². The van der Waals surface area contributed by atoms with Crippen LogP contribution in [-0.2, 0) is 4.74 Å². The predicted molar refractivity (Wildman–Crippen MR) is 108 cm³/mol. The van der Waals surface area contributed by atoms with E-state index in [1.165, 1.54) is 103 Å². The second-order valence-electron chi connectivity index (χ2n) is 9.95. The van der Waals surface area contributed by atoms with Crippen LogP contribution >= 0.6 is 0 Å². The summed E-state index contributed by atoms with van der Waals surface area (Å²) < 4.78 is 5.63. The van der Waals surface area contributed by atoms with Gasteiger partial charge in [-0.15, -0.1) is 0 Å². The number of hydrogen-bond donors (Lipinski definition) is 1. The van der Waals surface area contributed by atoms with E-state index in [1.54, 1.807) is 0 Å². The topological polar surface area (TPSA) is 24.5 Å². The molecule has 0 aromatic heterocycles. The number of hydrogen-bond acceptors (Lipinski definition) is 3. The van der Waals surface area contributed by atoms with Gasteiger partial charge in [-0.1, -0.05) is 51.4 Å². The molecule has 3 nitrogen and oxygen atoms in total. The van der Waals surface area contributed by atoms with Gasteiger partial charge in [-0.05, 0) is 62.2 Å². The molecule has 1 heterocycles. The molecule has 0 aromatic carbocycles. The zero-order valence-electron chi connectivity index (χ0n) is 17.1. The van der Waals surface area contributed by atoms with Crippen molar-refractivity contribution in [2.45, 2.75) is 102 Å². The maximum absolute atomic E-state index is 5.63. The van der Waals surface area contributed by atoms with Crippen LogP contribution in [0.1, 0.15) is 89.9 Å². The fourth-order valence-corrected chi connectivity index (χ4v) is 6.74. The normalized spacial score (nSPS) is 40.7. The van der Waals surface area contributed by atoms with Crippen molar-refractivity contribution in [1.82, 2.24) is 10.4 Å². The van der Waals surface area contributed by atoms with E-state index < -0.39 is 0 Å². The Balaban J connectivity index is 1.24. The Kier molecular flexibility index (Phi) is 6.93. The Morgan fingerprint density at radius 2 is 1.54 bits per heavy atom. The van der Waals surface area contributed by atoms with Crippen LogP contribution in [0.25, 0.3) is 0 Å². The highest BCUT2D eigenvalue weighted by Gasteiger charge is 2.36. The summed E-state index contributed by atoms with van der Waals surface area (Å²) >= 11 is 0. The van der Waals surface area contributed by atoms with E-state index in [0.717, 1.165) is 29.7 Å². The number of rotatable bonds is 5. The van der Waals surface area contributed by atoms with Gasteiger partial charge >= 0.3 is 0 Å². The molecule has 1 aliphatic heterocycles.